The van der Waals surface area contributed by atoms with Crippen LogP contribution in [0.3, 0.4) is 0 Å². The molecule has 1 atom stereocenters. The fourth-order valence-corrected chi connectivity index (χ4v) is 11.3. The molecule has 2 aromatic carbocycles. The van der Waals surface area contributed by atoms with E-state index in [1.54, 1.807) is 5.20 Å². The van der Waals surface area contributed by atoms with Gasteiger partial charge in [0.1, 0.15) is 0 Å². The molecule has 0 saturated carbocycles. The van der Waals surface area contributed by atoms with Crippen LogP contribution in [0.4, 0.5) is 0 Å². The highest BCUT2D eigenvalue weighted by Crippen LogP contribution is 2.54. The third-order valence-corrected chi connectivity index (χ3v) is 12.2. The van der Waals surface area contributed by atoms with Gasteiger partial charge in [0.25, 0.3) is 0 Å². The fraction of sp³-hybridized carbons (Fsp3) is 0.304. The van der Waals surface area contributed by atoms with Gasteiger partial charge in [-0.15, -0.1) is 0 Å². The Balaban J connectivity index is 1.67. The number of hydrogen-bond acceptors (Lipinski definition) is 2. The average Bonchev–Trinajstić information content (AvgIpc) is 3.30. The summed E-state index contributed by atoms with van der Waals surface area (Å²) in [4.78, 5) is 0. The van der Waals surface area contributed by atoms with Gasteiger partial charge in [-0.3, -0.25) is 0 Å². The van der Waals surface area contributed by atoms with Gasteiger partial charge in [-0.25, -0.2) is 0 Å². The Bertz CT molecular complexity index is 1100. The molecule has 1 unspecified atom stereocenters. The Hall–Kier alpha value is -1.30. The van der Waals surface area contributed by atoms with Crippen molar-refractivity contribution >= 4 is 51.2 Å². The monoisotopic (exact) mass is 516 g/mol. The van der Waals surface area contributed by atoms with Crippen LogP contribution >= 0.6 is 31.9 Å². The second-order valence-electron chi connectivity index (χ2n) is 8.57. The average molecular weight is 518 g/mol. The molecule has 5 heteroatoms. The van der Waals surface area contributed by atoms with Crippen molar-refractivity contribution in [3.63, 3.8) is 0 Å². The summed E-state index contributed by atoms with van der Waals surface area (Å²) < 4.78 is 13.7. The van der Waals surface area contributed by atoms with E-state index in [1.165, 1.54) is 37.9 Å². The van der Waals surface area contributed by atoms with Crippen LogP contribution in [0.5, 0.6) is 11.5 Å². The lowest BCUT2D eigenvalue weighted by Gasteiger charge is -2.35. The summed E-state index contributed by atoms with van der Waals surface area (Å²) in [5, 5.41) is 1.58. The van der Waals surface area contributed by atoms with Crippen molar-refractivity contribution in [3.05, 3.63) is 66.6 Å². The van der Waals surface area contributed by atoms with Gasteiger partial charge in [0.2, 0.25) is 6.79 Å². The molecule has 0 bridgehead atoms. The Morgan fingerprint density at radius 2 is 1.89 bits per heavy atom. The van der Waals surface area contributed by atoms with Gasteiger partial charge in [0.15, 0.2) is 11.5 Å². The standard InChI is InChI=1S/C23H22Br2O2Si/c1-12-8-15-14(6-5-7-18(15)24)22(12)28(3,4)23-13(2)9-16-17(23)10-19-21(20(16)25)27-11-26-19/h5-8,10,22H,9,11H2,1-4H3. The van der Waals surface area contributed by atoms with E-state index >= 15 is 0 Å². The number of fused-ring (bicyclic) bond motifs is 3. The van der Waals surface area contributed by atoms with Crippen LogP contribution in [0, 0.1) is 0 Å². The van der Waals surface area contributed by atoms with E-state index in [0.717, 1.165) is 22.4 Å². The first-order chi connectivity index (χ1) is 13.3. The highest BCUT2D eigenvalue weighted by molar-refractivity contribution is 9.11. The third-order valence-electron chi connectivity index (χ3n) is 6.44. The molecule has 0 spiro atoms. The molecular formula is C23H22Br2O2Si. The molecule has 2 aromatic rings. The van der Waals surface area contributed by atoms with Crippen molar-refractivity contribution in [2.45, 2.75) is 38.9 Å². The van der Waals surface area contributed by atoms with Crippen molar-refractivity contribution in [3.8, 4) is 11.5 Å². The fourth-order valence-electron chi connectivity index (χ4n) is 5.53. The van der Waals surface area contributed by atoms with Gasteiger partial charge < -0.3 is 9.47 Å². The van der Waals surface area contributed by atoms with Crippen molar-refractivity contribution in [1.29, 1.82) is 0 Å². The minimum Gasteiger partial charge on any atom is -0.454 e. The third kappa shape index (κ3) is 2.49. The number of hydrogen-bond donors (Lipinski definition) is 0. The van der Waals surface area contributed by atoms with Gasteiger partial charge in [-0.1, -0.05) is 63.6 Å². The molecule has 0 saturated heterocycles. The maximum Gasteiger partial charge on any atom is 0.231 e. The molecule has 0 radical (unpaired) electrons. The SMILES string of the molecule is CC1=Cc2c(Br)cccc2C1[Si](C)(C)C1=C(C)Cc2c1cc1c(c2Br)OCO1. The highest BCUT2D eigenvalue weighted by Gasteiger charge is 2.45. The topological polar surface area (TPSA) is 18.5 Å². The maximum atomic E-state index is 5.74. The first-order valence-corrected chi connectivity index (χ1v) is 14.2. The number of ether oxygens (including phenoxy) is 2. The Labute approximate surface area is 183 Å². The summed E-state index contributed by atoms with van der Waals surface area (Å²) in [7, 11) is -1.87. The van der Waals surface area contributed by atoms with Gasteiger partial charge in [-0.2, -0.15) is 0 Å². The first-order valence-electron chi connectivity index (χ1n) is 9.59. The maximum absolute atomic E-state index is 5.74. The quantitative estimate of drug-likeness (QED) is 0.390. The second-order valence-corrected chi connectivity index (χ2v) is 14.7. The first kappa shape index (κ1) is 18.7. The molecule has 3 aliphatic rings. The van der Waals surface area contributed by atoms with E-state index < -0.39 is 8.07 Å². The van der Waals surface area contributed by atoms with Crippen LogP contribution in [0.2, 0.25) is 13.1 Å². The summed E-state index contributed by atoms with van der Waals surface area (Å²) in [6.07, 6.45) is 3.36. The van der Waals surface area contributed by atoms with Gasteiger partial charge >= 0.3 is 0 Å². The molecule has 0 N–H and O–H groups in total. The van der Waals surface area contributed by atoms with Crippen molar-refractivity contribution < 1.29 is 9.47 Å². The summed E-state index contributed by atoms with van der Waals surface area (Å²) >= 11 is 7.56. The zero-order chi connectivity index (χ0) is 19.8. The molecule has 0 amide bonds. The zero-order valence-electron chi connectivity index (χ0n) is 16.5. The molecule has 0 aromatic heterocycles. The predicted octanol–water partition coefficient (Wildman–Crippen LogP) is 7.26. The smallest absolute Gasteiger partial charge is 0.231 e. The molecule has 1 aliphatic heterocycles. The van der Waals surface area contributed by atoms with Crippen molar-refractivity contribution in [2.24, 2.45) is 0 Å². The lowest BCUT2D eigenvalue weighted by Crippen LogP contribution is -2.37. The molecule has 0 fully saturated rings. The zero-order valence-corrected chi connectivity index (χ0v) is 20.6. The second kappa shape index (κ2) is 6.35. The Kier molecular flexibility index (Phi) is 4.24. The predicted molar refractivity (Wildman–Crippen MR) is 125 cm³/mol. The molecule has 144 valence electrons. The van der Waals surface area contributed by atoms with Crippen LogP contribution in [-0.2, 0) is 6.42 Å². The summed E-state index contributed by atoms with van der Waals surface area (Å²) in [5.74, 6) is 1.72. The minimum absolute atomic E-state index is 0.307. The van der Waals surface area contributed by atoms with E-state index in [4.69, 9.17) is 9.47 Å². The van der Waals surface area contributed by atoms with Crippen molar-refractivity contribution in [1.82, 2.24) is 0 Å². The lowest BCUT2D eigenvalue weighted by molar-refractivity contribution is 0.173. The molecular weight excluding hydrogens is 496 g/mol. The van der Waals surface area contributed by atoms with E-state index in [-0.39, 0.29) is 0 Å². The van der Waals surface area contributed by atoms with Gasteiger partial charge in [0.05, 0.1) is 12.5 Å². The lowest BCUT2D eigenvalue weighted by atomic mass is 10.1. The Morgan fingerprint density at radius 3 is 2.68 bits per heavy atom. The van der Waals surface area contributed by atoms with Crippen LogP contribution in [-0.4, -0.2) is 14.9 Å². The number of rotatable bonds is 2. The van der Waals surface area contributed by atoms with E-state index in [2.05, 4.69) is 89.1 Å². The molecule has 2 aliphatic carbocycles. The summed E-state index contributed by atoms with van der Waals surface area (Å²) in [6.45, 7) is 9.96. The van der Waals surface area contributed by atoms with E-state index in [9.17, 15) is 0 Å². The van der Waals surface area contributed by atoms with E-state index in [0.29, 0.717) is 12.3 Å². The van der Waals surface area contributed by atoms with Crippen LogP contribution in [0.1, 0.15) is 41.6 Å². The largest absolute Gasteiger partial charge is 0.454 e. The Morgan fingerprint density at radius 1 is 1.11 bits per heavy atom. The van der Waals surface area contributed by atoms with Gasteiger partial charge in [-0.05, 0) is 70.6 Å². The van der Waals surface area contributed by atoms with Crippen LogP contribution < -0.4 is 9.47 Å². The van der Waals surface area contributed by atoms with E-state index in [1.807, 2.05) is 0 Å². The number of allylic oxidation sites excluding steroid dienone is 2. The normalized spacial score (nSPS) is 19.8. The summed E-state index contributed by atoms with van der Waals surface area (Å²) in [5.41, 5.74) is 9.00. The highest BCUT2D eigenvalue weighted by atomic mass is 79.9. The van der Waals surface area contributed by atoms with Crippen molar-refractivity contribution in [2.75, 3.05) is 6.79 Å². The molecule has 1 heterocycles. The molecule has 2 nitrogen and oxygen atoms in total. The van der Waals surface area contributed by atoms with Crippen LogP contribution in [0.15, 0.2) is 44.4 Å². The number of benzene rings is 2. The van der Waals surface area contributed by atoms with Crippen LogP contribution in [0.25, 0.3) is 11.3 Å². The summed E-state index contributed by atoms with van der Waals surface area (Å²) in [6, 6.07) is 8.85. The molecule has 5 rings (SSSR count). The van der Waals surface area contributed by atoms with Gasteiger partial charge in [0, 0.05) is 10.0 Å². The minimum atomic E-state index is -1.87. The molecule has 28 heavy (non-hydrogen) atoms. The number of halogens is 2.